The maximum absolute atomic E-state index is 6.24. The minimum Gasteiger partial charge on any atom is -0.493 e. The molecule has 2 heterocycles. The van der Waals surface area contributed by atoms with Gasteiger partial charge in [-0.1, -0.05) is 42.5 Å². The van der Waals surface area contributed by atoms with Crippen LogP contribution in [0, 0.1) is 0 Å². The van der Waals surface area contributed by atoms with E-state index in [9.17, 15) is 0 Å². The molecule has 2 aromatic rings. The van der Waals surface area contributed by atoms with Crippen molar-refractivity contribution in [2.24, 2.45) is 0 Å². The van der Waals surface area contributed by atoms with Crippen LogP contribution in [0.5, 0.6) is 11.5 Å². The van der Waals surface area contributed by atoms with Gasteiger partial charge in [0.05, 0.1) is 13.3 Å². The maximum atomic E-state index is 6.24. The van der Waals surface area contributed by atoms with Gasteiger partial charge < -0.3 is 9.47 Å². The zero-order valence-corrected chi connectivity index (χ0v) is 14.1. The van der Waals surface area contributed by atoms with Crippen LogP contribution < -0.4 is 9.47 Å². The van der Waals surface area contributed by atoms with Gasteiger partial charge in [0.15, 0.2) is 11.5 Å². The van der Waals surface area contributed by atoms with Crippen molar-refractivity contribution in [3.63, 3.8) is 0 Å². The monoisotopic (exact) mass is 324 g/mol. The highest BCUT2D eigenvalue weighted by atomic mass is 16.5. The molecule has 2 fully saturated rings. The highest BCUT2D eigenvalue weighted by Gasteiger charge is 2.38. The van der Waals surface area contributed by atoms with E-state index in [2.05, 4.69) is 34.1 Å². The number of nitrogens with zero attached hydrogens (tertiary/aromatic N) is 2. The van der Waals surface area contributed by atoms with E-state index in [0.29, 0.717) is 12.8 Å². The first-order valence-electron chi connectivity index (χ1n) is 8.68. The first kappa shape index (κ1) is 15.5. The topological polar surface area (TPSA) is 24.9 Å². The Labute approximate surface area is 143 Å². The quantitative estimate of drug-likeness (QED) is 0.842. The van der Waals surface area contributed by atoms with Gasteiger partial charge in [-0.05, 0) is 18.1 Å². The third-order valence-corrected chi connectivity index (χ3v) is 4.99. The molecule has 2 saturated heterocycles. The van der Waals surface area contributed by atoms with Crippen molar-refractivity contribution in [1.29, 1.82) is 0 Å². The maximum Gasteiger partial charge on any atom is 0.167 e. The molecule has 2 aliphatic heterocycles. The fourth-order valence-corrected chi connectivity index (χ4v) is 3.85. The lowest BCUT2D eigenvalue weighted by Gasteiger charge is -2.36. The molecule has 2 unspecified atom stereocenters. The SMILES string of the molecule is COc1cccc(C2N3CCCN2CC3)c1OCc1ccccc1. The number of methoxy groups -OCH3 is 1. The number of rotatable bonds is 5. The summed E-state index contributed by atoms with van der Waals surface area (Å²) in [4.78, 5) is 5.10. The molecule has 0 aromatic heterocycles. The molecule has 2 aliphatic rings. The van der Waals surface area contributed by atoms with Crippen LogP contribution >= 0.6 is 0 Å². The zero-order valence-electron chi connectivity index (χ0n) is 14.1. The van der Waals surface area contributed by atoms with Crippen LogP contribution in [0.3, 0.4) is 0 Å². The second-order valence-electron chi connectivity index (χ2n) is 6.45. The molecule has 4 nitrogen and oxygen atoms in total. The lowest BCUT2D eigenvalue weighted by Crippen LogP contribution is -2.38. The van der Waals surface area contributed by atoms with Crippen molar-refractivity contribution in [2.75, 3.05) is 33.3 Å². The Morgan fingerprint density at radius 2 is 1.67 bits per heavy atom. The third kappa shape index (κ3) is 2.87. The highest BCUT2D eigenvalue weighted by Crippen LogP contribution is 2.42. The van der Waals surface area contributed by atoms with E-state index in [1.54, 1.807) is 7.11 Å². The number of hydrogen-bond acceptors (Lipinski definition) is 4. The summed E-state index contributed by atoms with van der Waals surface area (Å²) in [7, 11) is 1.71. The van der Waals surface area contributed by atoms with Gasteiger partial charge in [-0.3, -0.25) is 9.80 Å². The smallest absolute Gasteiger partial charge is 0.167 e. The van der Waals surface area contributed by atoms with E-state index in [4.69, 9.17) is 9.47 Å². The summed E-state index contributed by atoms with van der Waals surface area (Å²) in [5.74, 6) is 1.70. The van der Waals surface area contributed by atoms with Crippen molar-refractivity contribution < 1.29 is 9.47 Å². The van der Waals surface area contributed by atoms with E-state index in [-0.39, 0.29) is 0 Å². The van der Waals surface area contributed by atoms with Gasteiger partial charge in [-0.15, -0.1) is 0 Å². The molecule has 0 spiro atoms. The Kier molecular flexibility index (Phi) is 4.41. The molecule has 24 heavy (non-hydrogen) atoms. The molecule has 4 heteroatoms. The largest absolute Gasteiger partial charge is 0.493 e. The highest BCUT2D eigenvalue weighted by molar-refractivity contribution is 5.48. The Balaban J connectivity index is 1.64. The number of fused-ring (bicyclic) bond motifs is 2. The fourth-order valence-electron chi connectivity index (χ4n) is 3.85. The summed E-state index contributed by atoms with van der Waals surface area (Å²) in [6.07, 6.45) is 1.57. The van der Waals surface area contributed by atoms with Gasteiger partial charge in [-0.2, -0.15) is 0 Å². The third-order valence-electron chi connectivity index (χ3n) is 4.99. The second kappa shape index (κ2) is 6.83. The Hall–Kier alpha value is -2.04. The normalized spacial score (nSPS) is 25.5. The minimum atomic E-state index is 0.319. The Bertz CT molecular complexity index is 673. The number of hydrogen-bond donors (Lipinski definition) is 0. The molecule has 0 aliphatic carbocycles. The molecule has 0 radical (unpaired) electrons. The second-order valence-corrected chi connectivity index (χ2v) is 6.45. The zero-order chi connectivity index (χ0) is 16.4. The van der Waals surface area contributed by atoms with Crippen LogP contribution in [0.25, 0.3) is 0 Å². The van der Waals surface area contributed by atoms with E-state index in [1.165, 1.54) is 17.5 Å². The number of para-hydroxylation sites is 1. The Morgan fingerprint density at radius 3 is 2.38 bits per heavy atom. The predicted molar refractivity (Wildman–Crippen MR) is 94.3 cm³/mol. The first-order chi connectivity index (χ1) is 11.9. The van der Waals surface area contributed by atoms with Crippen molar-refractivity contribution in [3.05, 3.63) is 59.7 Å². The summed E-state index contributed by atoms with van der Waals surface area (Å²) in [5, 5.41) is 0. The van der Waals surface area contributed by atoms with Gasteiger partial charge in [-0.25, -0.2) is 0 Å². The van der Waals surface area contributed by atoms with Gasteiger partial charge >= 0.3 is 0 Å². The number of benzene rings is 2. The minimum absolute atomic E-state index is 0.319. The molecule has 126 valence electrons. The van der Waals surface area contributed by atoms with E-state index < -0.39 is 0 Å². The molecule has 0 amide bonds. The molecule has 0 saturated carbocycles. The van der Waals surface area contributed by atoms with Gasteiger partial charge in [0.1, 0.15) is 6.61 Å². The summed E-state index contributed by atoms with van der Waals surface area (Å²) in [5.41, 5.74) is 2.39. The van der Waals surface area contributed by atoms with Crippen LogP contribution in [0.1, 0.15) is 23.7 Å². The molecular weight excluding hydrogens is 300 g/mol. The number of ether oxygens (including phenoxy) is 2. The average Bonchev–Trinajstić information content (AvgIpc) is 2.88. The molecule has 2 bridgehead atoms. The van der Waals surface area contributed by atoms with Crippen LogP contribution in [0.2, 0.25) is 0 Å². The van der Waals surface area contributed by atoms with E-state index >= 15 is 0 Å². The average molecular weight is 324 g/mol. The molecule has 4 rings (SSSR count). The first-order valence-corrected chi connectivity index (χ1v) is 8.68. The summed E-state index contributed by atoms with van der Waals surface area (Å²) in [6, 6.07) is 16.5. The van der Waals surface area contributed by atoms with E-state index in [1.807, 2.05) is 24.3 Å². The summed E-state index contributed by atoms with van der Waals surface area (Å²) < 4.78 is 11.8. The molecule has 2 atom stereocenters. The van der Waals surface area contributed by atoms with Crippen molar-refractivity contribution in [3.8, 4) is 11.5 Å². The summed E-state index contributed by atoms with van der Waals surface area (Å²) >= 11 is 0. The van der Waals surface area contributed by atoms with Crippen LogP contribution in [-0.2, 0) is 6.61 Å². The predicted octanol–water partition coefficient (Wildman–Crippen LogP) is 3.29. The van der Waals surface area contributed by atoms with Crippen molar-refractivity contribution in [2.45, 2.75) is 19.2 Å². The van der Waals surface area contributed by atoms with Crippen LogP contribution in [-0.4, -0.2) is 43.1 Å². The van der Waals surface area contributed by atoms with Crippen molar-refractivity contribution >= 4 is 0 Å². The summed E-state index contributed by atoms with van der Waals surface area (Å²) in [6.45, 7) is 5.16. The van der Waals surface area contributed by atoms with E-state index in [0.717, 1.165) is 37.7 Å². The molecule has 2 aromatic carbocycles. The lowest BCUT2D eigenvalue weighted by molar-refractivity contribution is 0.0889. The van der Waals surface area contributed by atoms with Gasteiger partial charge in [0.2, 0.25) is 0 Å². The van der Waals surface area contributed by atoms with Gasteiger partial charge in [0, 0.05) is 31.7 Å². The van der Waals surface area contributed by atoms with Crippen LogP contribution in [0.4, 0.5) is 0 Å². The fraction of sp³-hybridized carbons (Fsp3) is 0.400. The van der Waals surface area contributed by atoms with Gasteiger partial charge in [0.25, 0.3) is 0 Å². The molecular formula is C20H24N2O2. The van der Waals surface area contributed by atoms with Crippen LogP contribution in [0.15, 0.2) is 48.5 Å². The standard InChI is InChI=1S/C20H24N2O2/c1-23-18-10-5-9-17(20-21-11-6-12-22(20)14-13-21)19(18)24-15-16-7-3-2-4-8-16/h2-5,7-10,20H,6,11-15H2,1H3. The van der Waals surface area contributed by atoms with Crippen molar-refractivity contribution in [1.82, 2.24) is 9.80 Å². The Morgan fingerprint density at radius 1 is 0.917 bits per heavy atom. The molecule has 0 N–H and O–H groups in total. The lowest BCUT2D eigenvalue weighted by atomic mass is 10.1.